The van der Waals surface area contributed by atoms with E-state index in [0.29, 0.717) is 6.42 Å². The van der Waals surface area contributed by atoms with Gasteiger partial charge in [0.15, 0.2) is 0 Å². The Hall–Kier alpha value is -1.84. The molecule has 0 spiro atoms. The molecule has 1 aliphatic rings. The molecule has 0 aromatic heterocycles. The normalized spacial score (nSPS) is 14.3. The lowest BCUT2D eigenvalue weighted by Gasteiger charge is -2.15. The van der Waals surface area contributed by atoms with Gasteiger partial charge in [-0.15, -0.1) is 0 Å². The fraction of sp³-hybridized carbons (Fsp3) is 0.529. The van der Waals surface area contributed by atoms with E-state index in [2.05, 4.69) is 37.4 Å². The Balaban J connectivity index is 1.73. The number of hydrogen-bond donors (Lipinski definition) is 1. The summed E-state index contributed by atoms with van der Waals surface area (Å²) in [6.07, 6.45) is 3.30. The third-order valence-electron chi connectivity index (χ3n) is 4.02. The van der Waals surface area contributed by atoms with E-state index in [4.69, 9.17) is 0 Å². The number of carbonyl (C=O) groups excluding carboxylic acids is 2. The molecule has 4 nitrogen and oxygen atoms in total. The van der Waals surface area contributed by atoms with E-state index in [1.807, 2.05) is 4.90 Å². The average Bonchev–Trinajstić information content (AvgIpc) is 2.98. The van der Waals surface area contributed by atoms with Gasteiger partial charge in [-0.25, -0.2) is 0 Å². The van der Waals surface area contributed by atoms with E-state index in [-0.39, 0.29) is 18.4 Å². The van der Waals surface area contributed by atoms with Crippen molar-refractivity contribution >= 4 is 11.8 Å². The van der Waals surface area contributed by atoms with Crippen LogP contribution < -0.4 is 5.32 Å². The van der Waals surface area contributed by atoms with E-state index < -0.39 is 0 Å². The Labute approximate surface area is 126 Å². The van der Waals surface area contributed by atoms with Crippen LogP contribution in [0.4, 0.5) is 0 Å². The fourth-order valence-electron chi connectivity index (χ4n) is 2.72. The van der Waals surface area contributed by atoms with Crippen molar-refractivity contribution in [2.45, 2.75) is 39.5 Å². The molecule has 1 saturated heterocycles. The number of rotatable bonds is 5. The van der Waals surface area contributed by atoms with E-state index in [1.54, 1.807) is 0 Å². The largest absolute Gasteiger partial charge is 0.347 e. The first-order chi connectivity index (χ1) is 10.1. The number of nitrogens with zero attached hydrogens (tertiary/aromatic N) is 1. The minimum absolute atomic E-state index is 0.0346. The highest BCUT2D eigenvalue weighted by Gasteiger charge is 2.17. The fourth-order valence-corrected chi connectivity index (χ4v) is 2.72. The van der Waals surface area contributed by atoms with E-state index in [9.17, 15) is 9.59 Å². The summed E-state index contributed by atoms with van der Waals surface area (Å²) < 4.78 is 0. The molecule has 4 heteroatoms. The molecule has 2 amide bonds. The quantitative estimate of drug-likeness (QED) is 0.900. The molecule has 0 unspecified atom stereocenters. The molecule has 0 bridgehead atoms. The lowest BCUT2D eigenvalue weighted by Crippen LogP contribution is -2.38. The first kappa shape index (κ1) is 15.5. The van der Waals surface area contributed by atoms with Gasteiger partial charge < -0.3 is 10.2 Å². The standard InChI is InChI=1S/C17H24N2O2/c1-13-5-6-15(14(2)11-13)7-8-16(20)18-12-17(21)19-9-3-4-10-19/h5-6,11H,3-4,7-10,12H2,1-2H3,(H,18,20). The molecule has 0 aliphatic carbocycles. The van der Waals surface area contributed by atoms with Gasteiger partial charge in [-0.1, -0.05) is 23.8 Å². The van der Waals surface area contributed by atoms with E-state index >= 15 is 0 Å². The SMILES string of the molecule is Cc1ccc(CCC(=O)NCC(=O)N2CCCC2)c(C)c1. The molecule has 2 rings (SSSR count). The average molecular weight is 288 g/mol. The summed E-state index contributed by atoms with van der Waals surface area (Å²) in [5.74, 6) is -0.0186. The first-order valence-corrected chi connectivity index (χ1v) is 7.67. The molecule has 0 saturated carbocycles. The van der Waals surface area contributed by atoms with Crippen LogP contribution in [0, 0.1) is 13.8 Å². The van der Waals surface area contributed by atoms with E-state index in [0.717, 1.165) is 32.4 Å². The van der Waals surface area contributed by atoms with Crippen molar-refractivity contribution in [2.24, 2.45) is 0 Å². The van der Waals surface area contributed by atoms with Crippen molar-refractivity contribution in [3.05, 3.63) is 34.9 Å². The number of likely N-dealkylation sites (tertiary alicyclic amines) is 1. The van der Waals surface area contributed by atoms with Gasteiger partial charge in [0.1, 0.15) is 0 Å². The zero-order chi connectivity index (χ0) is 15.2. The maximum absolute atomic E-state index is 11.8. The summed E-state index contributed by atoms with van der Waals surface area (Å²) in [4.78, 5) is 25.5. The monoisotopic (exact) mass is 288 g/mol. The van der Waals surface area contributed by atoms with Crippen molar-refractivity contribution in [3.8, 4) is 0 Å². The van der Waals surface area contributed by atoms with Crippen LogP contribution in [-0.4, -0.2) is 36.3 Å². The summed E-state index contributed by atoms with van der Waals surface area (Å²) in [5.41, 5.74) is 3.65. The number of nitrogens with one attached hydrogen (secondary N) is 1. The zero-order valence-corrected chi connectivity index (χ0v) is 12.9. The number of aryl methyl sites for hydroxylation is 3. The van der Waals surface area contributed by atoms with Crippen LogP contribution >= 0.6 is 0 Å². The molecule has 1 aromatic rings. The van der Waals surface area contributed by atoms with E-state index in [1.165, 1.54) is 16.7 Å². The maximum Gasteiger partial charge on any atom is 0.241 e. The van der Waals surface area contributed by atoms with Crippen LogP contribution in [0.25, 0.3) is 0 Å². The highest BCUT2D eigenvalue weighted by molar-refractivity contribution is 5.84. The Bertz CT molecular complexity index is 520. The minimum atomic E-state index is -0.0532. The molecule has 0 atom stereocenters. The second kappa shape index (κ2) is 7.25. The summed E-state index contributed by atoms with van der Waals surface area (Å²) in [5, 5.41) is 2.73. The van der Waals surface area contributed by atoms with Crippen molar-refractivity contribution in [1.82, 2.24) is 10.2 Å². The number of hydrogen-bond acceptors (Lipinski definition) is 2. The van der Waals surface area contributed by atoms with Crippen LogP contribution in [0.5, 0.6) is 0 Å². The highest BCUT2D eigenvalue weighted by atomic mass is 16.2. The van der Waals surface area contributed by atoms with Crippen molar-refractivity contribution in [2.75, 3.05) is 19.6 Å². The number of amides is 2. The summed E-state index contributed by atoms with van der Waals surface area (Å²) in [7, 11) is 0. The number of benzene rings is 1. The zero-order valence-electron chi connectivity index (χ0n) is 12.9. The van der Waals surface area contributed by atoms with Crippen LogP contribution in [0.15, 0.2) is 18.2 Å². The molecule has 114 valence electrons. The molecule has 1 aromatic carbocycles. The topological polar surface area (TPSA) is 49.4 Å². The molecular weight excluding hydrogens is 264 g/mol. The van der Waals surface area contributed by atoms with Gasteiger partial charge in [-0.3, -0.25) is 9.59 Å². The van der Waals surface area contributed by atoms with Crippen LogP contribution in [0.1, 0.15) is 36.0 Å². The molecule has 21 heavy (non-hydrogen) atoms. The molecule has 1 fully saturated rings. The highest BCUT2D eigenvalue weighted by Crippen LogP contribution is 2.12. The summed E-state index contributed by atoms with van der Waals surface area (Å²) in [6, 6.07) is 6.27. The molecule has 1 heterocycles. The minimum Gasteiger partial charge on any atom is -0.347 e. The van der Waals surface area contributed by atoms with Gasteiger partial charge >= 0.3 is 0 Å². The van der Waals surface area contributed by atoms with Gasteiger partial charge in [-0.2, -0.15) is 0 Å². The Morgan fingerprint density at radius 3 is 2.57 bits per heavy atom. The lowest BCUT2D eigenvalue weighted by molar-refractivity contribution is -0.132. The molecule has 1 aliphatic heterocycles. The maximum atomic E-state index is 11.8. The predicted molar refractivity (Wildman–Crippen MR) is 83.1 cm³/mol. The van der Waals surface area contributed by atoms with Gasteiger partial charge in [0.05, 0.1) is 6.54 Å². The Morgan fingerprint density at radius 1 is 1.19 bits per heavy atom. The Morgan fingerprint density at radius 2 is 1.90 bits per heavy atom. The lowest BCUT2D eigenvalue weighted by atomic mass is 10.0. The smallest absolute Gasteiger partial charge is 0.241 e. The van der Waals surface area contributed by atoms with Gasteiger partial charge in [0.25, 0.3) is 0 Å². The molecular formula is C17H24N2O2. The first-order valence-electron chi connectivity index (χ1n) is 7.67. The summed E-state index contributed by atoms with van der Waals surface area (Å²) >= 11 is 0. The third kappa shape index (κ3) is 4.59. The van der Waals surface area contributed by atoms with Crippen LogP contribution in [0.2, 0.25) is 0 Å². The van der Waals surface area contributed by atoms with Gasteiger partial charge in [0, 0.05) is 19.5 Å². The van der Waals surface area contributed by atoms with Crippen molar-refractivity contribution < 1.29 is 9.59 Å². The van der Waals surface area contributed by atoms with Crippen LogP contribution in [0.3, 0.4) is 0 Å². The van der Waals surface area contributed by atoms with Crippen molar-refractivity contribution in [3.63, 3.8) is 0 Å². The second-order valence-corrected chi connectivity index (χ2v) is 5.79. The molecule has 0 radical (unpaired) electrons. The molecule has 1 N–H and O–H groups in total. The second-order valence-electron chi connectivity index (χ2n) is 5.79. The Kier molecular flexibility index (Phi) is 5.37. The third-order valence-corrected chi connectivity index (χ3v) is 4.02. The van der Waals surface area contributed by atoms with Gasteiger partial charge in [0.2, 0.25) is 11.8 Å². The predicted octanol–water partition coefficient (Wildman–Crippen LogP) is 1.97. The van der Waals surface area contributed by atoms with Crippen molar-refractivity contribution in [1.29, 1.82) is 0 Å². The summed E-state index contributed by atoms with van der Waals surface area (Å²) in [6.45, 7) is 5.92. The number of carbonyl (C=O) groups is 2. The van der Waals surface area contributed by atoms with Gasteiger partial charge in [-0.05, 0) is 44.2 Å². The van der Waals surface area contributed by atoms with Crippen LogP contribution in [-0.2, 0) is 16.0 Å².